The molecular formula is C50H30O. The van der Waals surface area contributed by atoms with Crippen LogP contribution in [0.15, 0.2) is 186 Å². The second-order valence-corrected chi connectivity index (χ2v) is 13.6. The summed E-state index contributed by atoms with van der Waals surface area (Å²) in [5.74, 6) is 0. The maximum atomic E-state index is 6.74. The van der Waals surface area contributed by atoms with Gasteiger partial charge in [-0.3, -0.25) is 0 Å². The molecule has 0 amide bonds. The Morgan fingerprint density at radius 2 is 0.765 bits per heavy atom. The van der Waals surface area contributed by atoms with E-state index in [1.165, 1.54) is 76.1 Å². The molecule has 0 aliphatic rings. The fourth-order valence-corrected chi connectivity index (χ4v) is 8.61. The summed E-state index contributed by atoms with van der Waals surface area (Å²) in [5.41, 5.74) is 9.11. The molecule has 10 aromatic carbocycles. The smallest absolute Gasteiger partial charge is 0.143 e. The highest BCUT2D eigenvalue weighted by Crippen LogP contribution is 2.49. The van der Waals surface area contributed by atoms with Crippen molar-refractivity contribution in [2.45, 2.75) is 0 Å². The Morgan fingerprint density at radius 1 is 0.275 bits per heavy atom. The molecule has 236 valence electrons. The first-order chi connectivity index (χ1) is 25.3. The van der Waals surface area contributed by atoms with Gasteiger partial charge in [0.1, 0.15) is 11.2 Å². The molecular weight excluding hydrogens is 617 g/mol. The van der Waals surface area contributed by atoms with Crippen LogP contribution in [0.4, 0.5) is 0 Å². The van der Waals surface area contributed by atoms with E-state index < -0.39 is 0 Å². The predicted octanol–water partition coefficient (Wildman–Crippen LogP) is 14.4. The molecule has 0 bridgehead atoms. The molecule has 0 aliphatic heterocycles. The molecule has 0 aliphatic carbocycles. The van der Waals surface area contributed by atoms with E-state index in [1.54, 1.807) is 0 Å². The van der Waals surface area contributed by atoms with Gasteiger partial charge in [0, 0.05) is 16.3 Å². The van der Waals surface area contributed by atoms with Crippen molar-refractivity contribution in [3.63, 3.8) is 0 Å². The number of para-hydroxylation sites is 1. The Labute approximate surface area is 294 Å². The van der Waals surface area contributed by atoms with Crippen LogP contribution in [-0.4, -0.2) is 0 Å². The van der Waals surface area contributed by atoms with Crippen molar-refractivity contribution in [3.8, 4) is 33.4 Å². The molecule has 51 heavy (non-hydrogen) atoms. The zero-order chi connectivity index (χ0) is 33.5. The summed E-state index contributed by atoms with van der Waals surface area (Å²) in [4.78, 5) is 0. The van der Waals surface area contributed by atoms with Crippen molar-refractivity contribution in [3.05, 3.63) is 182 Å². The molecule has 1 nitrogen and oxygen atoms in total. The van der Waals surface area contributed by atoms with Crippen LogP contribution in [0.25, 0.3) is 109 Å². The van der Waals surface area contributed by atoms with Gasteiger partial charge in [0.05, 0.1) is 0 Å². The van der Waals surface area contributed by atoms with Gasteiger partial charge < -0.3 is 4.42 Å². The topological polar surface area (TPSA) is 13.1 Å². The lowest BCUT2D eigenvalue weighted by Gasteiger charge is -2.20. The van der Waals surface area contributed by atoms with Crippen molar-refractivity contribution in [2.75, 3.05) is 0 Å². The third-order valence-electron chi connectivity index (χ3n) is 10.8. The number of hydrogen-bond acceptors (Lipinski definition) is 1. The predicted molar refractivity (Wildman–Crippen MR) is 218 cm³/mol. The average Bonchev–Trinajstić information content (AvgIpc) is 3.56. The number of hydrogen-bond donors (Lipinski definition) is 0. The minimum Gasteiger partial charge on any atom is -0.455 e. The van der Waals surface area contributed by atoms with Gasteiger partial charge >= 0.3 is 0 Å². The van der Waals surface area contributed by atoms with Crippen LogP contribution < -0.4 is 0 Å². The van der Waals surface area contributed by atoms with Crippen molar-refractivity contribution >= 4 is 75.8 Å². The van der Waals surface area contributed by atoms with Crippen molar-refractivity contribution in [2.24, 2.45) is 0 Å². The molecule has 1 heteroatoms. The second kappa shape index (κ2) is 10.9. The van der Waals surface area contributed by atoms with E-state index in [0.717, 1.165) is 33.1 Å². The van der Waals surface area contributed by atoms with E-state index in [9.17, 15) is 0 Å². The van der Waals surface area contributed by atoms with E-state index in [0.29, 0.717) is 0 Å². The lowest BCUT2D eigenvalue weighted by Crippen LogP contribution is -1.93. The van der Waals surface area contributed by atoms with Crippen LogP contribution in [0.5, 0.6) is 0 Å². The van der Waals surface area contributed by atoms with E-state index in [4.69, 9.17) is 4.42 Å². The first-order valence-electron chi connectivity index (χ1n) is 17.6. The summed E-state index contributed by atoms with van der Waals surface area (Å²) in [7, 11) is 0. The molecule has 0 unspecified atom stereocenters. The average molecular weight is 647 g/mol. The summed E-state index contributed by atoms with van der Waals surface area (Å²) < 4.78 is 6.74. The monoisotopic (exact) mass is 646 g/mol. The number of rotatable bonds is 3. The molecule has 0 saturated carbocycles. The van der Waals surface area contributed by atoms with Crippen LogP contribution in [0.1, 0.15) is 0 Å². The zero-order valence-corrected chi connectivity index (χ0v) is 27.7. The second-order valence-electron chi connectivity index (χ2n) is 13.6. The molecule has 0 fully saturated rings. The Hall–Kier alpha value is -6.70. The first kappa shape index (κ1) is 28.2. The molecule has 0 atom stereocenters. The van der Waals surface area contributed by atoms with Gasteiger partial charge in [-0.2, -0.15) is 0 Å². The molecule has 1 heterocycles. The van der Waals surface area contributed by atoms with Crippen molar-refractivity contribution in [1.82, 2.24) is 0 Å². The highest BCUT2D eigenvalue weighted by molar-refractivity contribution is 6.26. The van der Waals surface area contributed by atoms with Crippen LogP contribution in [0.3, 0.4) is 0 Å². The van der Waals surface area contributed by atoms with Crippen LogP contribution in [-0.2, 0) is 0 Å². The molecule has 0 N–H and O–H groups in total. The van der Waals surface area contributed by atoms with Gasteiger partial charge in [-0.15, -0.1) is 0 Å². The van der Waals surface area contributed by atoms with Crippen molar-refractivity contribution < 1.29 is 4.42 Å². The third-order valence-corrected chi connectivity index (χ3v) is 10.8. The summed E-state index contributed by atoms with van der Waals surface area (Å²) in [6, 6.07) is 66.4. The Morgan fingerprint density at radius 3 is 1.43 bits per heavy atom. The fourth-order valence-electron chi connectivity index (χ4n) is 8.61. The van der Waals surface area contributed by atoms with E-state index in [-0.39, 0.29) is 0 Å². The minimum atomic E-state index is 0.908. The Kier molecular flexibility index (Phi) is 6.02. The van der Waals surface area contributed by atoms with Gasteiger partial charge in [0.2, 0.25) is 0 Å². The minimum absolute atomic E-state index is 0.908. The summed E-state index contributed by atoms with van der Waals surface area (Å²) >= 11 is 0. The highest BCUT2D eigenvalue weighted by Gasteiger charge is 2.22. The van der Waals surface area contributed by atoms with E-state index in [1.807, 2.05) is 0 Å². The zero-order valence-electron chi connectivity index (χ0n) is 27.7. The molecule has 11 aromatic rings. The number of benzene rings is 10. The van der Waals surface area contributed by atoms with Crippen molar-refractivity contribution in [1.29, 1.82) is 0 Å². The Balaban J connectivity index is 1.34. The first-order valence-corrected chi connectivity index (χ1v) is 17.6. The number of furan rings is 1. The van der Waals surface area contributed by atoms with Gasteiger partial charge in [-0.1, -0.05) is 164 Å². The van der Waals surface area contributed by atoms with E-state index in [2.05, 4.69) is 182 Å². The highest BCUT2D eigenvalue weighted by atomic mass is 16.3. The molecule has 0 spiro atoms. The van der Waals surface area contributed by atoms with Crippen LogP contribution in [0.2, 0.25) is 0 Å². The van der Waals surface area contributed by atoms with Gasteiger partial charge in [-0.25, -0.2) is 0 Å². The SMILES string of the molecule is c1ccc2c(-c3c4ccccc4c(-c4cccc5ccccc45)c4cc(-c5c6ccccc6cc6c5oc5ccccc56)ccc34)cccc2c1. The van der Waals surface area contributed by atoms with Gasteiger partial charge in [0.25, 0.3) is 0 Å². The molecule has 0 saturated heterocycles. The van der Waals surface area contributed by atoms with E-state index >= 15 is 0 Å². The fraction of sp³-hybridized carbons (Fsp3) is 0. The Bertz CT molecular complexity index is 3190. The number of fused-ring (bicyclic) bond motifs is 8. The third kappa shape index (κ3) is 4.16. The lowest BCUT2D eigenvalue weighted by molar-refractivity contribution is 0.670. The summed E-state index contributed by atoms with van der Waals surface area (Å²) in [6.07, 6.45) is 0. The lowest BCUT2D eigenvalue weighted by atomic mass is 9.82. The largest absolute Gasteiger partial charge is 0.455 e. The standard InChI is InChI=1S/C50H30O/c1-4-18-35-31(13-1)16-11-24-39(35)48-41-22-7-8-23-42(41)49(40-25-12-17-32-14-2-5-19-36(32)40)44-30-34(27-28-43(44)48)47-37-20-6-3-15-33(37)29-45-38-21-9-10-26-46(38)51-50(45)47/h1-30H. The maximum absolute atomic E-state index is 6.74. The van der Waals surface area contributed by atoms with Crippen LogP contribution in [0, 0.1) is 0 Å². The van der Waals surface area contributed by atoms with Crippen LogP contribution >= 0.6 is 0 Å². The van der Waals surface area contributed by atoms with Gasteiger partial charge in [0.15, 0.2) is 0 Å². The molecule has 1 aromatic heterocycles. The summed E-state index contributed by atoms with van der Waals surface area (Å²) in [5, 5.41) is 14.6. The molecule has 11 rings (SSSR count). The normalized spacial score (nSPS) is 11.9. The maximum Gasteiger partial charge on any atom is 0.143 e. The van der Waals surface area contributed by atoms with Gasteiger partial charge in [-0.05, 0) is 99.9 Å². The molecule has 0 radical (unpaired) electrons. The quantitative estimate of drug-likeness (QED) is 0.174. The summed E-state index contributed by atoms with van der Waals surface area (Å²) in [6.45, 7) is 0.